The first kappa shape index (κ1) is 18.4. The molecule has 3 aromatic rings. The Hall–Kier alpha value is -2.44. The summed E-state index contributed by atoms with van der Waals surface area (Å²) in [6.45, 7) is 0. The molecule has 0 spiro atoms. The van der Waals surface area contributed by atoms with Gasteiger partial charge in [0.25, 0.3) is 6.43 Å². The quantitative estimate of drug-likeness (QED) is 0.525. The number of aromatic nitrogens is 2. The molecular weight excluding hydrogens is 383 g/mol. The van der Waals surface area contributed by atoms with Crippen molar-refractivity contribution in [2.45, 2.75) is 6.43 Å². The summed E-state index contributed by atoms with van der Waals surface area (Å²) < 4.78 is 27.9. The highest BCUT2D eigenvalue weighted by Gasteiger charge is 2.24. The van der Waals surface area contributed by atoms with Crippen molar-refractivity contribution in [2.24, 2.45) is 7.05 Å². The molecule has 1 heterocycles. The van der Waals surface area contributed by atoms with Crippen molar-refractivity contribution in [2.75, 3.05) is 4.90 Å². The fourth-order valence-corrected chi connectivity index (χ4v) is 3.24. The van der Waals surface area contributed by atoms with Gasteiger partial charge < -0.3 is 0 Å². The van der Waals surface area contributed by atoms with Gasteiger partial charge in [-0.15, -0.1) is 0 Å². The largest absolute Gasteiger partial charge is 0.284 e. The SMILES string of the molecule is Cn1cc(N(C=O)c2ccccc2-c2cc(Cl)cc(Cl)c2)c(C(F)F)n1. The number of para-hydroxylation sites is 1. The van der Waals surface area contributed by atoms with Crippen LogP contribution in [-0.4, -0.2) is 16.2 Å². The van der Waals surface area contributed by atoms with Crippen LogP contribution in [0.15, 0.2) is 48.7 Å². The predicted octanol–water partition coefficient (Wildman–Crippen LogP) is 5.63. The number of aryl methyl sites for hydroxylation is 1. The van der Waals surface area contributed by atoms with Gasteiger partial charge in [0.1, 0.15) is 0 Å². The highest BCUT2D eigenvalue weighted by molar-refractivity contribution is 6.35. The Balaban J connectivity index is 2.19. The smallest absolute Gasteiger partial charge is 0.279 e. The molecule has 26 heavy (non-hydrogen) atoms. The lowest BCUT2D eigenvalue weighted by Gasteiger charge is -2.21. The molecule has 0 saturated carbocycles. The van der Waals surface area contributed by atoms with E-state index in [1.54, 1.807) is 42.5 Å². The van der Waals surface area contributed by atoms with Crippen LogP contribution in [0, 0.1) is 0 Å². The van der Waals surface area contributed by atoms with Crippen molar-refractivity contribution in [1.82, 2.24) is 9.78 Å². The molecule has 134 valence electrons. The maximum absolute atomic E-state index is 13.3. The highest BCUT2D eigenvalue weighted by Crippen LogP contribution is 2.39. The fourth-order valence-electron chi connectivity index (χ4n) is 2.71. The van der Waals surface area contributed by atoms with Crippen molar-refractivity contribution >= 4 is 41.0 Å². The van der Waals surface area contributed by atoms with Crippen molar-refractivity contribution in [3.05, 3.63) is 64.4 Å². The molecule has 1 aromatic heterocycles. The fraction of sp³-hybridized carbons (Fsp3) is 0.111. The molecule has 8 heteroatoms. The zero-order valence-electron chi connectivity index (χ0n) is 13.5. The summed E-state index contributed by atoms with van der Waals surface area (Å²) in [5.41, 5.74) is 1.23. The Bertz CT molecular complexity index is 939. The Labute approximate surface area is 158 Å². The van der Waals surface area contributed by atoms with Crippen molar-refractivity contribution < 1.29 is 13.6 Å². The number of anilines is 2. The zero-order chi connectivity index (χ0) is 18.8. The molecule has 0 unspecified atom stereocenters. The van der Waals surface area contributed by atoms with Gasteiger partial charge in [-0.2, -0.15) is 5.10 Å². The molecule has 0 aliphatic heterocycles. The summed E-state index contributed by atoms with van der Waals surface area (Å²) in [5, 5.41) is 4.61. The van der Waals surface area contributed by atoms with E-state index in [0.29, 0.717) is 33.3 Å². The van der Waals surface area contributed by atoms with E-state index in [-0.39, 0.29) is 5.69 Å². The number of halogens is 4. The van der Waals surface area contributed by atoms with Gasteiger partial charge in [-0.25, -0.2) is 8.78 Å². The van der Waals surface area contributed by atoms with E-state index in [0.717, 1.165) is 4.90 Å². The minimum Gasteiger partial charge on any atom is -0.279 e. The molecule has 1 amide bonds. The van der Waals surface area contributed by atoms with Gasteiger partial charge in [0.15, 0.2) is 5.69 Å². The summed E-state index contributed by atoms with van der Waals surface area (Å²) >= 11 is 12.1. The van der Waals surface area contributed by atoms with Crippen LogP contribution in [-0.2, 0) is 11.8 Å². The third-order valence-electron chi connectivity index (χ3n) is 3.75. The van der Waals surface area contributed by atoms with E-state index >= 15 is 0 Å². The lowest BCUT2D eigenvalue weighted by molar-refractivity contribution is -0.106. The van der Waals surface area contributed by atoms with Crippen LogP contribution in [0.5, 0.6) is 0 Å². The van der Waals surface area contributed by atoms with Crippen LogP contribution >= 0.6 is 23.2 Å². The number of nitrogens with zero attached hydrogens (tertiary/aromatic N) is 3. The molecule has 0 bridgehead atoms. The summed E-state index contributed by atoms with van der Waals surface area (Å²) in [6.07, 6.45) is -0.965. The summed E-state index contributed by atoms with van der Waals surface area (Å²) in [4.78, 5) is 12.9. The molecule has 0 N–H and O–H groups in total. The topological polar surface area (TPSA) is 38.1 Å². The van der Waals surface area contributed by atoms with Gasteiger partial charge in [0, 0.05) is 28.9 Å². The predicted molar refractivity (Wildman–Crippen MR) is 98.3 cm³/mol. The number of carbonyl (C=O) groups is 1. The lowest BCUT2D eigenvalue weighted by Crippen LogP contribution is -2.16. The summed E-state index contributed by atoms with van der Waals surface area (Å²) in [5.74, 6) is 0. The standard InChI is InChI=1S/C18H13Cl2F2N3O/c1-24-9-16(17(23-24)18(21)22)25(10-26)15-5-3-2-4-14(15)11-6-12(19)8-13(20)7-11/h2-10,18H,1H3. The second kappa shape index (κ2) is 7.43. The molecule has 3 rings (SSSR count). The lowest BCUT2D eigenvalue weighted by atomic mass is 10.0. The number of amides is 1. The second-order valence-corrected chi connectivity index (χ2v) is 6.40. The Morgan fingerprint density at radius 1 is 1.12 bits per heavy atom. The normalized spacial score (nSPS) is 11.0. The van der Waals surface area contributed by atoms with Crippen LogP contribution in [0.4, 0.5) is 20.2 Å². The van der Waals surface area contributed by atoms with Gasteiger partial charge in [-0.1, -0.05) is 41.4 Å². The molecule has 0 atom stereocenters. The third kappa shape index (κ3) is 3.57. The highest BCUT2D eigenvalue weighted by atomic mass is 35.5. The molecule has 0 aliphatic rings. The first-order valence-corrected chi connectivity index (χ1v) is 8.28. The van der Waals surface area contributed by atoms with Crippen LogP contribution in [0.2, 0.25) is 10.0 Å². The van der Waals surface area contributed by atoms with Gasteiger partial charge in [-0.3, -0.25) is 14.4 Å². The maximum atomic E-state index is 13.3. The molecule has 0 fully saturated rings. The van der Waals surface area contributed by atoms with E-state index in [2.05, 4.69) is 5.10 Å². The molecule has 0 saturated heterocycles. The van der Waals surface area contributed by atoms with Gasteiger partial charge >= 0.3 is 0 Å². The van der Waals surface area contributed by atoms with Crippen LogP contribution < -0.4 is 4.90 Å². The average Bonchev–Trinajstić information content (AvgIpc) is 2.97. The summed E-state index contributed by atoms with van der Waals surface area (Å²) in [7, 11) is 1.51. The van der Waals surface area contributed by atoms with Gasteiger partial charge in [-0.05, 0) is 29.8 Å². The third-order valence-corrected chi connectivity index (χ3v) is 4.18. The Morgan fingerprint density at radius 2 is 1.77 bits per heavy atom. The van der Waals surface area contributed by atoms with Gasteiger partial charge in [0.05, 0.1) is 11.4 Å². The zero-order valence-corrected chi connectivity index (χ0v) is 15.0. The van der Waals surface area contributed by atoms with E-state index in [1.807, 2.05) is 0 Å². The minimum absolute atomic E-state index is 0.0121. The van der Waals surface area contributed by atoms with Crippen LogP contribution in [0.25, 0.3) is 11.1 Å². The number of benzene rings is 2. The van der Waals surface area contributed by atoms with E-state index in [1.165, 1.54) is 17.9 Å². The molecular formula is C18H13Cl2F2N3O. The number of carbonyl (C=O) groups excluding carboxylic acids is 1. The Kier molecular flexibility index (Phi) is 5.25. The monoisotopic (exact) mass is 395 g/mol. The summed E-state index contributed by atoms with van der Waals surface area (Å²) in [6, 6.07) is 11.8. The maximum Gasteiger partial charge on any atom is 0.284 e. The van der Waals surface area contributed by atoms with Crippen LogP contribution in [0.3, 0.4) is 0 Å². The average molecular weight is 396 g/mol. The molecule has 4 nitrogen and oxygen atoms in total. The molecule has 0 radical (unpaired) electrons. The minimum atomic E-state index is -2.82. The second-order valence-electron chi connectivity index (χ2n) is 5.52. The van der Waals surface area contributed by atoms with Crippen molar-refractivity contribution in [3.63, 3.8) is 0 Å². The number of alkyl halides is 2. The van der Waals surface area contributed by atoms with Crippen LogP contribution in [0.1, 0.15) is 12.1 Å². The van der Waals surface area contributed by atoms with Gasteiger partial charge in [0.2, 0.25) is 6.41 Å². The number of hydrogen-bond donors (Lipinski definition) is 0. The van der Waals surface area contributed by atoms with E-state index in [9.17, 15) is 13.6 Å². The van der Waals surface area contributed by atoms with Crippen molar-refractivity contribution in [1.29, 1.82) is 0 Å². The molecule has 2 aromatic carbocycles. The number of rotatable bonds is 5. The Morgan fingerprint density at radius 3 is 2.38 bits per heavy atom. The first-order chi connectivity index (χ1) is 12.4. The van der Waals surface area contributed by atoms with E-state index < -0.39 is 12.1 Å². The van der Waals surface area contributed by atoms with E-state index in [4.69, 9.17) is 23.2 Å². The number of hydrogen-bond acceptors (Lipinski definition) is 2. The molecule has 0 aliphatic carbocycles. The van der Waals surface area contributed by atoms with Crippen molar-refractivity contribution in [3.8, 4) is 11.1 Å². The first-order valence-electron chi connectivity index (χ1n) is 7.52.